The van der Waals surface area contributed by atoms with Crippen LogP contribution in [0.5, 0.6) is 5.75 Å². The van der Waals surface area contributed by atoms with Crippen LogP contribution in [0.2, 0.25) is 0 Å². The number of carbonyl (C=O) groups is 2. The lowest BCUT2D eigenvalue weighted by Gasteiger charge is -2.14. The molecular weight excluding hydrogens is 400 g/mol. The van der Waals surface area contributed by atoms with Gasteiger partial charge in [0.05, 0.1) is 29.3 Å². The highest BCUT2D eigenvalue weighted by molar-refractivity contribution is 6.21. The van der Waals surface area contributed by atoms with Crippen LogP contribution in [0.15, 0.2) is 12.1 Å². The maximum absolute atomic E-state index is 12.6. The summed E-state index contributed by atoms with van der Waals surface area (Å²) in [5.74, 6) is -1.35. The molecule has 1 aromatic rings. The van der Waals surface area contributed by atoms with Crippen LogP contribution in [0.1, 0.15) is 46.4 Å². The van der Waals surface area contributed by atoms with Crippen molar-refractivity contribution in [3.8, 4) is 5.75 Å². The van der Waals surface area contributed by atoms with E-state index < -0.39 is 21.8 Å². The maximum Gasteiger partial charge on any atom is 0.311 e. The largest absolute Gasteiger partial charge is 0.487 e. The Morgan fingerprint density at radius 3 is 2.20 bits per heavy atom. The van der Waals surface area contributed by atoms with Gasteiger partial charge in [0.1, 0.15) is 0 Å². The zero-order chi connectivity index (χ0) is 21.7. The second-order valence-corrected chi connectivity index (χ2v) is 7.05. The molecule has 3 rings (SSSR count). The molecule has 0 N–H and O–H groups in total. The number of amides is 2. The molecule has 0 atom stereocenters. The Hall–Kier alpha value is -3.28. The molecular formula is C18H22N4O8. The number of hydrogen-bond donors (Lipinski definition) is 0. The minimum atomic E-state index is -0.959. The van der Waals surface area contributed by atoms with Crippen molar-refractivity contribution in [3.63, 3.8) is 0 Å². The summed E-state index contributed by atoms with van der Waals surface area (Å²) in [5, 5.41) is 20.7. The predicted molar refractivity (Wildman–Crippen MR) is 102 cm³/mol. The Morgan fingerprint density at radius 2 is 1.57 bits per heavy atom. The van der Waals surface area contributed by atoms with Gasteiger partial charge < -0.3 is 14.5 Å². The van der Waals surface area contributed by atoms with Crippen molar-refractivity contribution < 1.29 is 29.2 Å². The van der Waals surface area contributed by atoms with Gasteiger partial charge in [0.25, 0.3) is 16.9 Å². The summed E-state index contributed by atoms with van der Waals surface area (Å²) in [6.45, 7) is 2.79. The molecule has 2 aliphatic heterocycles. The highest BCUT2D eigenvalue weighted by Gasteiger charge is 2.38. The number of nitrogens with zero attached hydrogens (tertiary/aromatic N) is 4. The van der Waals surface area contributed by atoms with Crippen molar-refractivity contribution in [2.45, 2.75) is 25.7 Å². The third kappa shape index (κ3) is 4.82. The molecule has 0 bridgehead atoms. The summed E-state index contributed by atoms with van der Waals surface area (Å²) in [5.41, 5.74) is -0.434. The summed E-state index contributed by atoms with van der Waals surface area (Å²) >= 11 is 0. The molecule has 0 aliphatic carbocycles. The van der Waals surface area contributed by atoms with Crippen LogP contribution < -0.4 is 4.74 Å². The van der Waals surface area contributed by atoms with Crippen molar-refractivity contribution in [1.29, 1.82) is 0 Å². The van der Waals surface area contributed by atoms with Gasteiger partial charge in [0, 0.05) is 25.2 Å². The van der Waals surface area contributed by atoms with Gasteiger partial charge in [-0.25, -0.2) is 0 Å². The van der Waals surface area contributed by atoms with E-state index in [-0.39, 0.29) is 48.7 Å². The zero-order valence-corrected chi connectivity index (χ0v) is 16.3. The Labute approximate surface area is 171 Å². The number of rotatable bonds is 11. The summed E-state index contributed by atoms with van der Waals surface area (Å²) in [7, 11) is 0. The molecule has 1 fully saturated rings. The zero-order valence-electron chi connectivity index (χ0n) is 16.3. The van der Waals surface area contributed by atoms with Gasteiger partial charge in [0.2, 0.25) is 0 Å². The molecule has 12 nitrogen and oxygen atoms in total. The van der Waals surface area contributed by atoms with Gasteiger partial charge in [-0.3, -0.25) is 24.6 Å². The molecule has 0 radical (unpaired) electrons. The topological polar surface area (TPSA) is 145 Å². The summed E-state index contributed by atoms with van der Waals surface area (Å²) in [6, 6.07) is 2.29. The number of ether oxygens (including phenoxy) is 1. The average Bonchev–Trinajstić information content (AvgIpc) is 3.30. The van der Waals surface area contributed by atoms with Crippen molar-refractivity contribution in [2.75, 3.05) is 39.4 Å². The molecule has 0 aromatic heterocycles. The lowest BCUT2D eigenvalue weighted by Crippen LogP contribution is -2.31. The molecule has 162 valence electrons. The van der Waals surface area contributed by atoms with Crippen LogP contribution in [0.4, 0.5) is 5.69 Å². The first-order valence-corrected chi connectivity index (χ1v) is 9.69. The van der Waals surface area contributed by atoms with Crippen molar-refractivity contribution in [1.82, 2.24) is 9.80 Å². The van der Waals surface area contributed by atoms with E-state index in [4.69, 9.17) is 4.74 Å². The third-order valence-electron chi connectivity index (χ3n) is 5.04. The molecule has 0 saturated carbocycles. The average molecular weight is 422 g/mol. The van der Waals surface area contributed by atoms with E-state index in [2.05, 4.69) is 9.74 Å². The Kier molecular flexibility index (Phi) is 6.77. The minimum absolute atomic E-state index is 0.0235. The fraction of sp³-hybridized carbons (Fsp3) is 0.556. The first-order chi connectivity index (χ1) is 14.4. The fourth-order valence-electron chi connectivity index (χ4n) is 3.60. The number of benzene rings is 1. The molecule has 0 spiro atoms. The van der Waals surface area contributed by atoms with Crippen LogP contribution in [-0.4, -0.2) is 71.0 Å². The summed E-state index contributed by atoms with van der Waals surface area (Å²) < 4.78 is 5.58. The lowest BCUT2D eigenvalue weighted by atomic mass is 10.1. The predicted octanol–water partition coefficient (Wildman–Crippen LogP) is 1.65. The number of likely N-dealkylation sites (tertiary alicyclic amines) is 1. The molecule has 1 aromatic carbocycles. The van der Waals surface area contributed by atoms with Crippen molar-refractivity contribution >= 4 is 17.5 Å². The van der Waals surface area contributed by atoms with Gasteiger partial charge >= 0.3 is 5.69 Å². The highest BCUT2D eigenvalue weighted by atomic mass is 16.9. The molecule has 2 aliphatic rings. The number of fused-ring (bicyclic) bond motifs is 1. The van der Waals surface area contributed by atoms with E-state index in [1.807, 2.05) is 0 Å². The monoisotopic (exact) mass is 422 g/mol. The van der Waals surface area contributed by atoms with Gasteiger partial charge in [-0.15, -0.1) is 10.1 Å². The van der Waals surface area contributed by atoms with Crippen LogP contribution in [0.25, 0.3) is 0 Å². The fourth-order valence-corrected chi connectivity index (χ4v) is 3.60. The maximum atomic E-state index is 12.6. The molecule has 0 unspecified atom stereocenters. The second kappa shape index (κ2) is 9.48. The van der Waals surface area contributed by atoms with Gasteiger partial charge in [-0.1, -0.05) is 0 Å². The quantitative estimate of drug-likeness (QED) is 0.225. The number of nitro benzene ring substituents is 1. The number of nitro groups is 1. The Balaban J connectivity index is 1.67. The first kappa shape index (κ1) is 21.4. The summed E-state index contributed by atoms with van der Waals surface area (Å²) in [6.07, 6.45) is 3.09. The van der Waals surface area contributed by atoms with E-state index in [1.54, 1.807) is 0 Å². The van der Waals surface area contributed by atoms with Crippen LogP contribution >= 0.6 is 0 Å². The normalized spacial score (nSPS) is 16.1. The number of imide groups is 1. The molecule has 12 heteroatoms. The lowest BCUT2D eigenvalue weighted by molar-refractivity contribution is -0.757. The third-order valence-corrected chi connectivity index (χ3v) is 5.04. The Morgan fingerprint density at radius 1 is 0.933 bits per heavy atom. The highest BCUT2D eigenvalue weighted by Crippen LogP contribution is 2.35. The van der Waals surface area contributed by atoms with Crippen LogP contribution in [0.3, 0.4) is 0 Å². The van der Waals surface area contributed by atoms with E-state index in [1.165, 1.54) is 18.9 Å². The Bertz CT molecular complexity index is 853. The van der Waals surface area contributed by atoms with Crippen LogP contribution in [-0.2, 0) is 4.84 Å². The second-order valence-electron chi connectivity index (χ2n) is 7.05. The van der Waals surface area contributed by atoms with E-state index >= 15 is 0 Å². The van der Waals surface area contributed by atoms with E-state index in [9.17, 15) is 29.8 Å². The van der Waals surface area contributed by atoms with Gasteiger partial charge in [-0.05, 0) is 38.8 Å². The molecule has 2 amide bonds. The summed E-state index contributed by atoms with van der Waals surface area (Å²) in [4.78, 5) is 53.4. The van der Waals surface area contributed by atoms with Gasteiger partial charge in [0.15, 0.2) is 5.75 Å². The standard InChI is InChI=1S/C18H22N4O8/c23-17-13-11-15(21(25)26)16(29-9-3-7-19-5-1-2-6-19)12-14(13)18(24)20(17)8-4-10-30-22(27)28/h11-12H,1-10H2. The molecule has 1 saturated heterocycles. The van der Waals surface area contributed by atoms with Crippen molar-refractivity contribution in [3.05, 3.63) is 43.5 Å². The minimum Gasteiger partial charge on any atom is -0.487 e. The van der Waals surface area contributed by atoms with Crippen molar-refractivity contribution in [2.24, 2.45) is 0 Å². The number of carbonyl (C=O) groups excluding carboxylic acids is 2. The molecule has 30 heavy (non-hydrogen) atoms. The van der Waals surface area contributed by atoms with Gasteiger partial charge in [-0.2, -0.15) is 0 Å². The van der Waals surface area contributed by atoms with E-state index in [0.717, 1.165) is 30.6 Å². The first-order valence-electron chi connectivity index (χ1n) is 9.69. The number of hydrogen-bond acceptors (Lipinski definition) is 9. The molecule has 2 heterocycles. The van der Waals surface area contributed by atoms with Crippen LogP contribution in [0, 0.1) is 20.2 Å². The smallest absolute Gasteiger partial charge is 0.311 e. The SMILES string of the molecule is O=C1c2cc(OCCCN3CCCC3)c([N+](=O)[O-])cc2C(=O)N1CCCO[N+](=O)[O-]. The van der Waals surface area contributed by atoms with E-state index in [0.29, 0.717) is 6.42 Å².